The van der Waals surface area contributed by atoms with E-state index < -0.39 is 0 Å². The quantitative estimate of drug-likeness (QED) is 0.742. The highest BCUT2D eigenvalue weighted by Gasteiger charge is 2.21. The zero-order valence-corrected chi connectivity index (χ0v) is 12.7. The normalized spacial score (nSPS) is 11.6. The van der Waals surface area contributed by atoms with Gasteiger partial charge >= 0.3 is 0 Å². The number of nitrogens with one attached hydrogen (secondary N) is 1. The number of terminal acetylenes is 1. The molecule has 4 nitrogen and oxygen atoms in total. The van der Waals surface area contributed by atoms with Crippen molar-refractivity contribution in [1.82, 2.24) is 5.32 Å². The summed E-state index contributed by atoms with van der Waals surface area (Å²) in [5.74, 6) is 4.60. The highest BCUT2D eigenvalue weighted by Crippen LogP contribution is 2.42. The molecule has 1 atom stereocenters. The Labute approximate surface area is 121 Å². The van der Waals surface area contributed by atoms with E-state index in [0.717, 1.165) is 18.5 Å². The van der Waals surface area contributed by atoms with Crippen LogP contribution in [0.2, 0.25) is 0 Å². The van der Waals surface area contributed by atoms with E-state index in [9.17, 15) is 0 Å². The molecule has 110 valence electrons. The van der Waals surface area contributed by atoms with E-state index in [0.29, 0.717) is 23.7 Å². The molecule has 0 bridgehead atoms. The van der Waals surface area contributed by atoms with Crippen molar-refractivity contribution in [3.05, 3.63) is 17.7 Å². The van der Waals surface area contributed by atoms with Gasteiger partial charge in [0.2, 0.25) is 5.75 Å². The van der Waals surface area contributed by atoms with Crippen LogP contribution in [0, 0.1) is 12.3 Å². The highest BCUT2D eigenvalue weighted by molar-refractivity contribution is 5.56. The smallest absolute Gasteiger partial charge is 0.203 e. The Kier molecular flexibility index (Phi) is 6.75. The predicted molar refractivity (Wildman–Crippen MR) is 80.6 cm³/mol. The fourth-order valence-corrected chi connectivity index (χ4v) is 2.13. The van der Waals surface area contributed by atoms with Gasteiger partial charge in [0.1, 0.15) is 0 Å². The standard InChI is InChI=1S/C16H23NO3/c1-6-8-13(17-11-7-2)12-9-10-14(18-3)16(20-5)15(12)19-4/h1,9-10,13,17H,7-8,11H2,2-5H3. The minimum absolute atomic E-state index is 0.0368. The lowest BCUT2D eigenvalue weighted by atomic mass is 10.0. The van der Waals surface area contributed by atoms with Gasteiger partial charge in [-0.05, 0) is 25.1 Å². The van der Waals surface area contributed by atoms with Crippen LogP contribution in [0.4, 0.5) is 0 Å². The molecule has 20 heavy (non-hydrogen) atoms. The van der Waals surface area contributed by atoms with Gasteiger partial charge in [-0.15, -0.1) is 12.3 Å². The van der Waals surface area contributed by atoms with E-state index >= 15 is 0 Å². The summed E-state index contributed by atoms with van der Waals surface area (Å²) >= 11 is 0. The molecule has 0 saturated heterocycles. The molecule has 0 amide bonds. The van der Waals surface area contributed by atoms with Gasteiger partial charge in [0.15, 0.2) is 11.5 Å². The first-order chi connectivity index (χ1) is 9.73. The minimum atomic E-state index is 0.0368. The molecule has 0 aliphatic carbocycles. The first-order valence-electron chi connectivity index (χ1n) is 6.69. The second-order valence-corrected chi connectivity index (χ2v) is 4.34. The summed E-state index contributed by atoms with van der Waals surface area (Å²) in [5.41, 5.74) is 0.983. The van der Waals surface area contributed by atoms with Gasteiger partial charge in [-0.2, -0.15) is 0 Å². The first-order valence-corrected chi connectivity index (χ1v) is 6.69. The fraction of sp³-hybridized carbons (Fsp3) is 0.500. The third-order valence-corrected chi connectivity index (χ3v) is 3.07. The van der Waals surface area contributed by atoms with Crippen LogP contribution in [0.25, 0.3) is 0 Å². The summed E-state index contributed by atoms with van der Waals surface area (Å²) in [5, 5.41) is 3.43. The van der Waals surface area contributed by atoms with Crippen LogP contribution in [-0.4, -0.2) is 27.9 Å². The van der Waals surface area contributed by atoms with Crippen molar-refractivity contribution in [2.75, 3.05) is 27.9 Å². The maximum atomic E-state index is 5.50. The summed E-state index contributed by atoms with van der Waals surface area (Å²) < 4.78 is 16.2. The van der Waals surface area contributed by atoms with Crippen LogP contribution in [-0.2, 0) is 0 Å². The number of benzene rings is 1. The van der Waals surface area contributed by atoms with Crippen molar-refractivity contribution < 1.29 is 14.2 Å². The molecule has 1 aromatic rings. The molecule has 0 aliphatic heterocycles. The summed E-state index contributed by atoms with van der Waals surface area (Å²) in [6, 6.07) is 3.87. The molecule has 1 unspecified atom stereocenters. The third kappa shape index (κ3) is 3.58. The monoisotopic (exact) mass is 277 g/mol. The summed E-state index contributed by atoms with van der Waals surface area (Å²) in [7, 11) is 4.82. The average Bonchev–Trinajstić information content (AvgIpc) is 2.49. The Morgan fingerprint density at radius 1 is 1.15 bits per heavy atom. The zero-order chi connectivity index (χ0) is 15.0. The summed E-state index contributed by atoms with van der Waals surface area (Å²) in [6.07, 6.45) is 7.10. The molecular formula is C16H23NO3. The SMILES string of the molecule is C#CCC(NCCC)c1ccc(OC)c(OC)c1OC. The van der Waals surface area contributed by atoms with Crippen LogP contribution in [0.3, 0.4) is 0 Å². The van der Waals surface area contributed by atoms with Crippen LogP contribution in [0.5, 0.6) is 17.2 Å². The molecule has 0 saturated carbocycles. The lowest BCUT2D eigenvalue weighted by Crippen LogP contribution is -2.22. The van der Waals surface area contributed by atoms with Crippen LogP contribution in [0.1, 0.15) is 31.4 Å². The molecule has 0 aliphatic rings. The molecule has 0 aromatic heterocycles. The van der Waals surface area contributed by atoms with Crippen molar-refractivity contribution in [3.63, 3.8) is 0 Å². The van der Waals surface area contributed by atoms with Gasteiger partial charge < -0.3 is 19.5 Å². The van der Waals surface area contributed by atoms with Crippen molar-refractivity contribution in [2.24, 2.45) is 0 Å². The van der Waals surface area contributed by atoms with Crippen LogP contribution >= 0.6 is 0 Å². The number of hydrogen-bond acceptors (Lipinski definition) is 4. The Bertz CT molecular complexity index is 466. The third-order valence-electron chi connectivity index (χ3n) is 3.07. The molecule has 0 spiro atoms. The number of hydrogen-bond donors (Lipinski definition) is 1. The second kappa shape index (κ2) is 8.34. The summed E-state index contributed by atoms with van der Waals surface area (Å²) in [4.78, 5) is 0. The van der Waals surface area contributed by atoms with Gasteiger partial charge in [-0.1, -0.05) is 6.92 Å². The molecule has 0 heterocycles. The molecule has 0 fully saturated rings. The van der Waals surface area contributed by atoms with Gasteiger partial charge in [0.05, 0.1) is 21.3 Å². The van der Waals surface area contributed by atoms with Gasteiger partial charge in [0, 0.05) is 18.0 Å². The summed E-state index contributed by atoms with van der Waals surface area (Å²) in [6.45, 7) is 3.01. The Balaban J connectivity index is 3.23. The maximum absolute atomic E-state index is 5.50. The van der Waals surface area contributed by atoms with Crippen molar-refractivity contribution in [3.8, 4) is 29.6 Å². The Morgan fingerprint density at radius 3 is 2.35 bits per heavy atom. The van der Waals surface area contributed by atoms with Crippen molar-refractivity contribution in [2.45, 2.75) is 25.8 Å². The molecule has 1 aromatic carbocycles. The van der Waals surface area contributed by atoms with Crippen LogP contribution in [0.15, 0.2) is 12.1 Å². The molecule has 1 N–H and O–H groups in total. The zero-order valence-electron chi connectivity index (χ0n) is 12.7. The Hall–Kier alpha value is -1.86. The lowest BCUT2D eigenvalue weighted by molar-refractivity contribution is 0.319. The largest absolute Gasteiger partial charge is 0.493 e. The van der Waals surface area contributed by atoms with E-state index in [2.05, 4.69) is 18.2 Å². The molecule has 4 heteroatoms. The van der Waals surface area contributed by atoms with Gasteiger partial charge in [-0.3, -0.25) is 0 Å². The van der Waals surface area contributed by atoms with E-state index in [4.69, 9.17) is 20.6 Å². The number of methoxy groups -OCH3 is 3. The van der Waals surface area contributed by atoms with Crippen LogP contribution < -0.4 is 19.5 Å². The fourth-order valence-electron chi connectivity index (χ4n) is 2.13. The minimum Gasteiger partial charge on any atom is -0.493 e. The van der Waals surface area contributed by atoms with E-state index in [-0.39, 0.29) is 6.04 Å². The van der Waals surface area contributed by atoms with E-state index in [1.807, 2.05) is 12.1 Å². The molecular weight excluding hydrogens is 254 g/mol. The highest BCUT2D eigenvalue weighted by atomic mass is 16.5. The van der Waals surface area contributed by atoms with Gasteiger partial charge in [0.25, 0.3) is 0 Å². The topological polar surface area (TPSA) is 39.7 Å². The van der Waals surface area contributed by atoms with E-state index in [1.54, 1.807) is 21.3 Å². The lowest BCUT2D eigenvalue weighted by Gasteiger charge is -2.22. The molecule has 0 radical (unpaired) electrons. The average molecular weight is 277 g/mol. The van der Waals surface area contributed by atoms with E-state index in [1.165, 1.54) is 0 Å². The second-order valence-electron chi connectivity index (χ2n) is 4.34. The van der Waals surface area contributed by atoms with Crippen molar-refractivity contribution >= 4 is 0 Å². The first kappa shape index (κ1) is 16.2. The molecule has 1 rings (SSSR count). The predicted octanol–water partition coefficient (Wildman–Crippen LogP) is 2.78. The number of ether oxygens (including phenoxy) is 3. The Morgan fingerprint density at radius 2 is 1.85 bits per heavy atom. The maximum Gasteiger partial charge on any atom is 0.203 e. The van der Waals surface area contributed by atoms with Gasteiger partial charge in [-0.25, -0.2) is 0 Å². The number of rotatable bonds is 8. The van der Waals surface area contributed by atoms with Crippen molar-refractivity contribution in [1.29, 1.82) is 0 Å².